The van der Waals surface area contributed by atoms with E-state index in [1.54, 1.807) is 13.2 Å². The molecule has 2 aromatic rings. The van der Waals surface area contributed by atoms with Crippen LogP contribution in [-0.4, -0.2) is 26.3 Å². The monoisotopic (exact) mass is 407 g/mol. The molecule has 0 spiro atoms. The molecule has 158 valence electrons. The van der Waals surface area contributed by atoms with Crippen molar-refractivity contribution in [3.8, 4) is 17.6 Å². The summed E-state index contributed by atoms with van der Waals surface area (Å²) in [6.45, 7) is 1.01. The highest BCUT2D eigenvalue weighted by molar-refractivity contribution is 5.74. The lowest BCUT2D eigenvalue weighted by atomic mass is 9.69. The number of carbonyl (C=O) groups is 1. The normalized spacial score (nSPS) is 14.9. The summed E-state index contributed by atoms with van der Waals surface area (Å²) < 4.78 is 10.6. The molecule has 3 rings (SSSR count). The average molecular weight is 408 g/mol. The van der Waals surface area contributed by atoms with Crippen molar-refractivity contribution in [2.24, 2.45) is 0 Å². The number of ether oxygens (including phenoxy) is 2. The average Bonchev–Trinajstić information content (AvgIpc) is 2.81. The molecule has 0 radical (unpaired) electrons. The van der Waals surface area contributed by atoms with E-state index in [9.17, 15) is 4.79 Å². The number of benzene rings is 2. The minimum absolute atomic E-state index is 0.00477. The van der Waals surface area contributed by atoms with E-state index < -0.39 is 0 Å². The van der Waals surface area contributed by atoms with Gasteiger partial charge in [-0.3, -0.25) is 0 Å². The van der Waals surface area contributed by atoms with E-state index in [0.29, 0.717) is 18.8 Å². The number of nitriles is 1. The number of nitrogens with zero attached hydrogens (tertiary/aromatic N) is 1. The van der Waals surface area contributed by atoms with E-state index in [1.165, 1.54) is 24.8 Å². The molecule has 6 nitrogen and oxygen atoms in total. The van der Waals surface area contributed by atoms with E-state index >= 15 is 0 Å². The molecule has 30 heavy (non-hydrogen) atoms. The Morgan fingerprint density at radius 3 is 2.53 bits per heavy atom. The lowest BCUT2D eigenvalue weighted by Crippen LogP contribution is -2.45. The summed E-state index contributed by atoms with van der Waals surface area (Å²) in [6.07, 6.45) is 5.72. The van der Waals surface area contributed by atoms with Crippen LogP contribution in [0.1, 0.15) is 43.2 Å². The highest BCUT2D eigenvalue weighted by atomic mass is 16.5. The molecule has 6 heteroatoms. The first-order valence-electron chi connectivity index (χ1n) is 10.4. The van der Waals surface area contributed by atoms with Crippen LogP contribution in [0.15, 0.2) is 48.5 Å². The molecule has 2 N–H and O–H groups in total. The van der Waals surface area contributed by atoms with Crippen LogP contribution < -0.4 is 20.1 Å². The molecule has 1 fully saturated rings. The van der Waals surface area contributed by atoms with Gasteiger partial charge in [0.15, 0.2) is 6.61 Å². The highest BCUT2D eigenvalue weighted by Gasteiger charge is 2.34. The number of hydrogen-bond acceptors (Lipinski definition) is 4. The Labute approximate surface area is 178 Å². The minimum atomic E-state index is -0.184. The van der Waals surface area contributed by atoms with Crippen molar-refractivity contribution in [3.63, 3.8) is 0 Å². The summed E-state index contributed by atoms with van der Waals surface area (Å²) in [5.41, 5.74) is 2.14. The third kappa shape index (κ3) is 5.66. The Morgan fingerprint density at radius 2 is 1.83 bits per heavy atom. The first kappa shape index (κ1) is 21.5. The number of methoxy groups -OCH3 is 1. The van der Waals surface area contributed by atoms with Gasteiger partial charge < -0.3 is 20.1 Å². The summed E-state index contributed by atoms with van der Waals surface area (Å²) in [5, 5.41) is 14.6. The molecule has 0 heterocycles. The van der Waals surface area contributed by atoms with Crippen molar-refractivity contribution in [3.05, 3.63) is 59.7 Å². The van der Waals surface area contributed by atoms with Crippen molar-refractivity contribution in [2.45, 2.75) is 44.1 Å². The van der Waals surface area contributed by atoms with E-state index in [2.05, 4.69) is 22.8 Å². The zero-order chi connectivity index (χ0) is 21.2. The fraction of sp³-hybridized carbons (Fsp3) is 0.417. The molecule has 1 aliphatic carbocycles. The predicted molar refractivity (Wildman–Crippen MR) is 116 cm³/mol. The van der Waals surface area contributed by atoms with E-state index in [-0.39, 0.29) is 18.1 Å². The second-order valence-corrected chi connectivity index (χ2v) is 7.70. The summed E-state index contributed by atoms with van der Waals surface area (Å²) in [7, 11) is 1.67. The lowest BCUT2D eigenvalue weighted by Gasteiger charge is -2.38. The largest absolute Gasteiger partial charge is 0.497 e. The molecule has 0 bridgehead atoms. The summed E-state index contributed by atoms with van der Waals surface area (Å²) in [5.74, 6) is 1.47. The molecule has 1 saturated carbocycles. The zero-order valence-corrected chi connectivity index (χ0v) is 17.4. The number of amides is 2. The second-order valence-electron chi connectivity index (χ2n) is 7.70. The molecular weight excluding hydrogens is 378 g/mol. The molecule has 2 aromatic carbocycles. The maximum absolute atomic E-state index is 12.5. The van der Waals surface area contributed by atoms with Gasteiger partial charge in [0.1, 0.15) is 17.6 Å². The van der Waals surface area contributed by atoms with Crippen LogP contribution in [0.2, 0.25) is 0 Å². The Bertz CT molecular complexity index is 868. The fourth-order valence-corrected chi connectivity index (χ4v) is 4.10. The van der Waals surface area contributed by atoms with Gasteiger partial charge in [0.2, 0.25) is 0 Å². The predicted octanol–water partition coefficient (Wildman–Crippen LogP) is 4.30. The van der Waals surface area contributed by atoms with Crippen LogP contribution in [0.5, 0.6) is 11.5 Å². The van der Waals surface area contributed by atoms with Crippen molar-refractivity contribution < 1.29 is 14.3 Å². The highest BCUT2D eigenvalue weighted by Crippen LogP contribution is 2.39. The Kier molecular flexibility index (Phi) is 7.56. The van der Waals surface area contributed by atoms with Gasteiger partial charge in [-0.15, -0.1) is 0 Å². The lowest BCUT2D eigenvalue weighted by molar-refractivity contribution is 0.229. The third-order valence-corrected chi connectivity index (χ3v) is 5.76. The number of nitrogens with one attached hydrogen (secondary N) is 2. The molecule has 0 aromatic heterocycles. The van der Waals surface area contributed by atoms with Crippen LogP contribution in [0.3, 0.4) is 0 Å². The van der Waals surface area contributed by atoms with Crippen molar-refractivity contribution in [1.29, 1.82) is 5.26 Å². The Balaban J connectivity index is 1.57. The van der Waals surface area contributed by atoms with E-state index in [1.807, 2.05) is 36.4 Å². The van der Waals surface area contributed by atoms with Crippen LogP contribution in [0.25, 0.3) is 0 Å². The molecule has 0 saturated heterocycles. The van der Waals surface area contributed by atoms with Crippen molar-refractivity contribution in [1.82, 2.24) is 10.6 Å². The van der Waals surface area contributed by atoms with Gasteiger partial charge in [-0.05, 0) is 48.2 Å². The maximum Gasteiger partial charge on any atom is 0.315 e. The van der Waals surface area contributed by atoms with Gasteiger partial charge >= 0.3 is 6.03 Å². The minimum Gasteiger partial charge on any atom is -0.497 e. The van der Waals surface area contributed by atoms with Crippen LogP contribution in [0.4, 0.5) is 4.79 Å². The number of hydrogen-bond donors (Lipinski definition) is 2. The van der Waals surface area contributed by atoms with Gasteiger partial charge in [0, 0.05) is 18.5 Å². The first-order chi connectivity index (χ1) is 14.6. The summed E-state index contributed by atoms with van der Waals surface area (Å²) in [6, 6.07) is 17.4. The maximum atomic E-state index is 12.5. The quantitative estimate of drug-likeness (QED) is 0.683. The molecule has 2 amide bonds. The topological polar surface area (TPSA) is 83.4 Å². The standard InChI is InChI=1S/C24H29N3O3/c1-29-21-10-8-20(9-11-21)24(12-3-2-4-13-24)18-27-23(28)26-17-19-6-5-7-22(16-19)30-15-14-25/h5-11,16H,2-4,12-13,15,17-18H2,1H3,(H2,26,27,28). The van der Waals surface area contributed by atoms with Gasteiger partial charge in [0.25, 0.3) is 0 Å². The Morgan fingerprint density at radius 1 is 1.07 bits per heavy atom. The smallest absolute Gasteiger partial charge is 0.315 e. The van der Waals surface area contributed by atoms with Crippen molar-refractivity contribution in [2.75, 3.05) is 20.3 Å². The van der Waals surface area contributed by atoms with E-state index in [4.69, 9.17) is 14.7 Å². The number of rotatable bonds is 8. The fourth-order valence-electron chi connectivity index (χ4n) is 4.10. The van der Waals surface area contributed by atoms with Crippen LogP contribution in [0, 0.1) is 11.3 Å². The zero-order valence-electron chi connectivity index (χ0n) is 17.4. The van der Waals surface area contributed by atoms with Crippen molar-refractivity contribution >= 4 is 6.03 Å². The molecule has 0 aliphatic heterocycles. The van der Waals surface area contributed by atoms with Crippen LogP contribution in [-0.2, 0) is 12.0 Å². The van der Waals surface area contributed by atoms with Gasteiger partial charge in [0.05, 0.1) is 7.11 Å². The number of urea groups is 1. The molecule has 1 aliphatic rings. The summed E-state index contributed by atoms with van der Waals surface area (Å²) in [4.78, 5) is 12.5. The molecule has 0 unspecified atom stereocenters. The van der Waals surface area contributed by atoms with E-state index in [0.717, 1.165) is 24.2 Å². The number of carbonyl (C=O) groups excluding carboxylic acids is 1. The van der Waals surface area contributed by atoms with Gasteiger partial charge in [-0.2, -0.15) is 5.26 Å². The van der Waals surface area contributed by atoms with Gasteiger partial charge in [-0.1, -0.05) is 43.5 Å². The first-order valence-corrected chi connectivity index (χ1v) is 10.4. The molecule has 0 atom stereocenters. The SMILES string of the molecule is COc1ccc(C2(CNC(=O)NCc3cccc(OCC#N)c3)CCCCC2)cc1. The third-order valence-electron chi connectivity index (χ3n) is 5.76. The summed E-state index contributed by atoms with van der Waals surface area (Å²) >= 11 is 0. The Hall–Kier alpha value is -3.20. The second kappa shape index (κ2) is 10.5. The van der Waals surface area contributed by atoms with Crippen LogP contribution >= 0.6 is 0 Å². The molecular formula is C24H29N3O3. The van der Waals surface area contributed by atoms with Gasteiger partial charge in [-0.25, -0.2) is 4.79 Å².